The van der Waals surface area contributed by atoms with E-state index in [0.29, 0.717) is 30.0 Å². The SMILES string of the molecule is Cc1cc(C)n(CCNC(=O)c2cc(C#N)cn2C)c(=O)n1. The highest BCUT2D eigenvalue weighted by atomic mass is 16.2. The predicted octanol–water partition coefficient (Wildman–Crippen LogP) is 0.500. The Labute approximate surface area is 127 Å². The minimum Gasteiger partial charge on any atom is -0.349 e. The zero-order valence-electron chi connectivity index (χ0n) is 12.8. The summed E-state index contributed by atoms with van der Waals surface area (Å²) >= 11 is 0. The maximum absolute atomic E-state index is 12.1. The van der Waals surface area contributed by atoms with E-state index in [-0.39, 0.29) is 11.6 Å². The Bertz CT molecular complexity index is 810. The van der Waals surface area contributed by atoms with Crippen LogP contribution in [0.2, 0.25) is 0 Å². The Balaban J connectivity index is 2.02. The smallest absolute Gasteiger partial charge is 0.348 e. The van der Waals surface area contributed by atoms with Crippen LogP contribution < -0.4 is 11.0 Å². The van der Waals surface area contributed by atoms with E-state index in [4.69, 9.17) is 5.26 Å². The molecule has 1 amide bonds. The van der Waals surface area contributed by atoms with Gasteiger partial charge in [-0.1, -0.05) is 0 Å². The maximum Gasteiger partial charge on any atom is 0.348 e. The first-order valence-corrected chi connectivity index (χ1v) is 6.82. The Morgan fingerprint density at radius 2 is 2.14 bits per heavy atom. The van der Waals surface area contributed by atoms with Crippen LogP contribution in [-0.4, -0.2) is 26.6 Å². The van der Waals surface area contributed by atoms with Gasteiger partial charge in [-0.25, -0.2) is 4.79 Å². The number of nitrogens with one attached hydrogen (secondary N) is 1. The Hall–Kier alpha value is -2.88. The predicted molar refractivity (Wildman–Crippen MR) is 80.4 cm³/mol. The van der Waals surface area contributed by atoms with E-state index >= 15 is 0 Å². The van der Waals surface area contributed by atoms with Crippen LogP contribution in [-0.2, 0) is 13.6 Å². The largest absolute Gasteiger partial charge is 0.349 e. The van der Waals surface area contributed by atoms with Gasteiger partial charge in [0, 0.05) is 37.7 Å². The van der Waals surface area contributed by atoms with Crippen LogP contribution in [0.5, 0.6) is 0 Å². The summed E-state index contributed by atoms with van der Waals surface area (Å²) in [6.07, 6.45) is 1.59. The van der Waals surface area contributed by atoms with Crippen LogP contribution in [0, 0.1) is 25.2 Å². The summed E-state index contributed by atoms with van der Waals surface area (Å²) in [5, 5.41) is 11.6. The van der Waals surface area contributed by atoms with E-state index in [1.807, 2.05) is 19.1 Å². The molecule has 0 fully saturated rings. The first kappa shape index (κ1) is 15.5. The summed E-state index contributed by atoms with van der Waals surface area (Å²) in [4.78, 5) is 27.7. The van der Waals surface area contributed by atoms with Crippen LogP contribution in [0.25, 0.3) is 0 Å². The molecule has 7 heteroatoms. The molecule has 0 aliphatic rings. The lowest BCUT2D eigenvalue weighted by molar-refractivity contribution is 0.0944. The molecule has 2 aromatic rings. The summed E-state index contributed by atoms with van der Waals surface area (Å²) < 4.78 is 3.11. The lowest BCUT2D eigenvalue weighted by atomic mass is 10.3. The molecule has 2 aromatic heterocycles. The zero-order chi connectivity index (χ0) is 16.3. The van der Waals surface area contributed by atoms with Gasteiger partial charge < -0.3 is 9.88 Å². The molecule has 2 heterocycles. The minimum atomic E-state index is -0.322. The highest BCUT2D eigenvalue weighted by molar-refractivity contribution is 5.93. The molecular weight excluding hydrogens is 282 g/mol. The maximum atomic E-state index is 12.1. The average molecular weight is 299 g/mol. The number of nitriles is 1. The van der Waals surface area contributed by atoms with Crippen molar-refractivity contribution in [1.82, 2.24) is 19.4 Å². The lowest BCUT2D eigenvalue weighted by Crippen LogP contribution is -2.33. The first-order valence-electron chi connectivity index (χ1n) is 6.82. The molecule has 0 radical (unpaired) electrons. The standard InChI is InChI=1S/C15H17N5O2/c1-10-6-11(2)20(15(22)18-10)5-4-17-14(21)13-7-12(8-16)9-19(13)3/h6-7,9H,4-5H2,1-3H3,(H,17,21). The molecule has 0 unspecified atom stereocenters. The molecule has 22 heavy (non-hydrogen) atoms. The number of hydrogen-bond acceptors (Lipinski definition) is 4. The highest BCUT2D eigenvalue weighted by Gasteiger charge is 2.11. The molecule has 2 rings (SSSR count). The second-order valence-corrected chi connectivity index (χ2v) is 5.07. The minimum absolute atomic E-state index is 0.283. The summed E-state index contributed by atoms with van der Waals surface area (Å²) in [6, 6.07) is 5.34. The van der Waals surface area contributed by atoms with E-state index in [9.17, 15) is 9.59 Å². The molecule has 0 aromatic carbocycles. The van der Waals surface area contributed by atoms with Crippen molar-refractivity contribution in [3.8, 4) is 6.07 Å². The summed E-state index contributed by atoms with van der Waals surface area (Å²) in [5.74, 6) is -0.283. The number of carbonyl (C=O) groups is 1. The Kier molecular flexibility index (Phi) is 4.41. The first-order chi connectivity index (χ1) is 10.4. The van der Waals surface area contributed by atoms with Crippen molar-refractivity contribution in [1.29, 1.82) is 5.26 Å². The van der Waals surface area contributed by atoms with Gasteiger partial charge in [0.05, 0.1) is 5.56 Å². The van der Waals surface area contributed by atoms with Gasteiger partial charge in [-0.2, -0.15) is 10.2 Å². The van der Waals surface area contributed by atoms with Crippen LogP contribution >= 0.6 is 0 Å². The van der Waals surface area contributed by atoms with Crippen LogP contribution in [0.1, 0.15) is 27.4 Å². The van der Waals surface area contributed by atoms with Gasteiger partial charge in [-0.3, -0.25) is 9.36 Å². The Morgan fingerprint density at radius 1 is 1.41 bits per heavy atom. The molecule has 7 nitrogen and oxygen atoms in total. The molecular formula is C15H17N5O2. The van der Waals surface area contributed by atoms with Crippen molar-refractivity contribution >= 4 is 5.91 Å². The van der Waals surface area contributed by atoms with Crippen LogP contribution in [0.3, 0.4) is 0 Å². The Morgan fingerprint density at radius 3 is 2.73 bits per heavy atom. The average Bonchev–Trinajstić information content (AvgIpc) is 2.82. The molecule has 0 atom stereocenters. The number of hydrogen-bond donors (Lipinski definition) is 1. The molecule has 0 aliphatic heterocycles. The fourth-order valence-corrected chi connectivity index (χ4v) is 2.27. The van der Waals surface area contributed by atoms with Gasteiger partial charge in [-0.15, -0.1) is 0 Å². The quantitative estimate of drug-likeness (QED) is 0.889. The second kappa shape index (κ2) is 6.26. The monoisotopic (exact) mass is 299 g/mol. The van der Waals surface area contributed by atoms with Gasteiger partial charge in [0.2, 0.25) is 0 Å². The highest BCUT2D eigenvalue weighted by Crippen LogP contribution is 2.05. The third-order valence-corrected chi connectivity index (χ3v) is 3.33. The van der Waals surface area contributed by atoms with E-state index in [0.717, 1.165) is 5.69 Å². The van der Waals surface area contributed by atoms with Crippen molar-refractivity contribution in [2.45, 2.75) is 20.4 Å². The second-order valence-electron chi connectivity index (χ2n) is 5.07. The molecule has 0 saturated carbocycles. The third-order valence-electron chi connectivity index (χ3n) is 3.33. The number of aryl methyl sites for hydroxylation is 3. The van der Waals surface area contributed by atoms with Crippen molar-refractivity contribution in [3.05, 3.63) is 51.5 Å². The number of nitrogens with zero attached hydrogens (tertiary/aromatic N) is 4. The number of carbonyl (C=O) groups excluding carboxylic acids is 1. The summed E-state index contributed by atoms with van der Waals surface area (Å²) in [7, 11) is 1.70. The van der Waals surface area contributed by atoms with E-state index in [1.54, 1.807) is 24.7 Å². The summed E-state index contributed by atoms with van der Waals surface area (Å²) in [6.45, 7) is 4.24. The molecule has 0 aliphatic carbocycles. The van der Waals surface area contributed by atoms with Crippen LogP contribution in [0.15, 0.2) is 23.1 Å². The van der Waals surface area contributed by atoms with Gasteiger partial charge in [0.25, 0.3) is 5.91 Å². The fourth-order valence-electron chi connectivity index (χ4n) is 2.27. The topological polar surface area (TPSA) is 92.7 Å². The van der Waals surface area contributed by atoms with Crippen molar-refractivity contribution in [2.75, 3.05) is 6.54 Å². The number of rotatable bonds is 4. The summed E-state index contributed by atoms with van der Waals surface area (Å²) in [5.41, 5.74) is 2.00. The van der Waals surface area contributed by atoms with Gasteiger partial charge in [-0.05, 0) is 26.0 Å². The van der Waals surface area contributed by atoms with E-state index in [1.165, 1.54) is 10.6 Å². The van der Waals surface area contributed by atoms with E-state index < -0.39 is 0 Å². The van der Waals surface area contributed by atoms with Gasteiger partial charge in [0.15, 0.2) is 0 Å². The number of amides is 1. The van der Waals surface area contributed by atoms with Crippen LogP contribution in [0.4, 0.5) is 0 Å². The van der Waals surface area contributed by atoms with Crippen molar-refractivity contribution < 1.29 is 4.79 Å². The molecule has 114 valence electrons. The van der Waals surface area contributed by atoms with Crippen molar-refractivity contribution in [2.24, 2.45) is 7.05 Å². The molecule has 0 bridgehead atoms. The zero-order valence-corrected chi connectivity index (χ0v) is 12.8. The van der Waals surface area contributed by atoms with Gasteiger partial charge in [0.1, 0.15) is 11.8 Å². The fraction of sp³-hybridized carbons (Fsp3) is 0.333. The van der Waals surface area contributed by atoms with Gasteiger partial charge >= 0.3 is 5.69 Å². The lowest BCUT2D eigenvalue weighted by Gasteiger charge is -2.10. The number of aromatic nitrogens is 3. The molecule has 0 saturated heterocycles. The third kappa shape index (κ3) is 3.23. The van der Waals surface area contributed by atoms with E-state index in [2.05, 4.69) is 10.3 Å². The molecule has 0 spiro atoms. The molecule has 1 N–H and O–H groups in total. The normalized spacial score (nSPS) is 10.3. The van der Waals surface area contributed by atoms with Crippen molar-refractivity contribution in [3.63, 3.8) is 0 Å².